The van der Waals surface area contributed by atoms with Gasteiger partial charge in [-0.1, -0.05) is 22.9 Å². The van der Waals surface area contributed by atoms with E-state index in [1.807, 2.05) is 31.2 Å². The highest BCUT2D eigenvalue weighted by Crippen LogP contribution is 2.09. The third-order valence-corrected chi connectivity index (χ3v) is 3.25. The van der Waals surface area contributed by atoms with Crippen LogP contribution in [0, 0.1) is 6.92 Å². The molecule has 3 N–H and O–H groups in total. The number of amidine groups is 1. The number of hydrogen-bond acceptors (Lipinski definition) is 6. The van der Waals surface area contributed by atoms with Gasteiger partial charge in [-0.2, -0.15) is 5.10 Å². The molecule has 23 heavy (non-hydrogen) atoms. The first-order valence-corrected chi connectivity index (χ1v) is 6.92. The summed E-state index contributed by atoms with van der Waals surface area (Å²) < 4.78 is 1.72. The van der Waals surface area contributed by atoms with Crippen LogP contribution in [0.1, 0.15) is 22.8 Å². The number of rotatable bonds is 4. The van der Waals surface area contributed by atoms with Crippen LogP contribution in [-0.2, 0) is 6.42 Å². The van der Waals surface area contributed by atoms with Crippen LogP contribution in [0.5, 0.6) is 0 Å². The fourth-order valence-corrected chi connectivity index (χ4v) is 1.99. The number of aryl methyl sites for hydroxylation is 1. The van der Waals surface area contributed by atoms with E-state index in [0.29, 0.717) is 23.6 Å². The first-order chi connectivity index (χ1) is 11.2. The van der Waals surface area contributed by atoms with Gasteiger partial charge in [-0.05, 0) is 19.1 Å². The minimum absolute atomic E-state index is 0.0779. The van der Waals surface area contributed by atoms with E-state index in [0.717, 1.165) is 5.69 Å². The monoisotopic (exact) mass is 309 g/mol. The van der Waals surface area contributed by atoms with Crippen LogP contribution >= 0.6 is 0 Å². The Hall–Kier alpha value is -3.29. The van der Waals surface area contributed by atoms with Gasteiger partial charge in [-0.15, -0.1) is 0 Å². The number of nitrogens with two attached hydrogens (primary N) is 1. The van der Waals surface area contributed by atoms with Crippen LogP contribution in [0.3, 0.4) is 0 Å². The molecule has 2 heterocycles. The second-order valence-electron chi connectivity index (χ2n) is 5.00. The Morgan fingerprint density at radius 2 is 1.96 bits per heavy atom. The maximum atomic E-state index is 8.59. The summed E-state index contributed by atoms with van der Waals surface area (Å²) in [6, 6.07) is 8.01. The predicted octanol–water partition coefficient (Wildman–Crippen LogP) is 1.05. The molecule has 0 aliphatic heterocycles. The van der Waals surface area contributed by atoms with Crippen molar-refractivity contribution in [3.05, 3.63) is 65.8 Å². The molecule has 0 fully saturated rings. The largest absolute Gasteiger partial charge is 0.409 e. The molecule has 0 bridgehead atoms. The van der Waals surface area contributed by atoms with Gasteiger partial charge in [0.2, 0.25) is 0 Å². The number of benzene rings is 1. The fraction of sp³-hybridized carbons (Fsp3) is 0.133. The maximum absolute atomic E-state index is 8.59. The topological polar surface area (TPSA) is 115 Å². The molecule has 3 rings (SSSR count). The Kier molecular flexibility index (Phi) is 3.96. The summed E-state index contributed by atoms with van der Waals surface area (Å²) in [5.41, 5.74) is 8.59. The average molecular weight is 309 g/mol. The van der Waals surface area contributed by atoms with Crippen molar-refractivity contribution in [2.75, 3.05) is 0 Å². The fourth-order valence-electron chi connectivity index (χ4n) is 1.99. The minimum atomic E-state index is -0.0779. The molecule has 8 heteroatoms. The Labute approximate surface area is 132 Å². The number of aromatic nitrogens is 5. The number of oxime groups is 1. The Morgan fingerprint density at radius 3 is 2.61 bits per heavy atom. The zero-order valence-corrected chi connectivity index (χ0v) is 12.5. The summed E-state index contributed by atoms with van der Waals surface area (Å²) in [5, 5.41) is 15.9. The van der Waals surface area contributed by atoms with E-state index in [9.17, 15) is 0 Å². The molecule has 0 saturated carbocycles. The number of nitrogens with zero attached hydrogens (tertiary/aromatic N) is 6. The highest BCUT2D eigenvalue weighted by molar-refractivity contribution is 5.94. The van der Waals surface area contributed by atoms with Gasteiger partial charge in [-0.3, -0.25) is 4.98 Å². The van der Waals surface area contributed by atoms with E-state index in [1.165, 1.54) is 11.8 Å². The van der Waals surface area contributed by atoms with Gasteiger partial charge in [0.25, 0.3) is 0 Å². The normalized spacial score (nSPS) is 11.6. The van der Waals surface area contributed by atoms with Crippen LogP contribution in [0.2, 0.25) is 0 Å². The second-order valence-corrected chi connectivity index (χ2v) is 5.00. The van der Waals surface area contributed by atoms with Crippen molar-refractivity contribution < 1.29 is 5.21 Å². The van der Waals surface area contributed by atoms with Crippen molar-refractivity contribution >= 4 is 5.84 Å². The van der Waals surface area contributed by atoms with Crippen molar-refractivity contribution in [2.24, 2.45) is 10.9 Å². The molecule has 1 aromatic carbocycles. The number of hydrogen-bond donors (Lipinski definition) is 2. The molecule has 0 amide bonds. The Balaban J connectivity index is 1.75. The molecule has 0 radical (unpaired) electrons. The standard InChI is InChI=1S/C15H15N7O/c1-10-2-4-12(5-3-10)22-9-19-14(20-22)6-11-7-18-13(8-17-11)15(16)21-23/h2-5,7-9,23H,6H2,1H3,(H2,16,21). The zero-order chi connectivity index (χ0) is 16.2. The summed E-state index contributed by atoms with van der Waals surface area (Å²) in [4.78, 5) is 12.6. The lowest BCUT2D eigenvalue weighted by Crippen LogP contribution is -2.15. The lowest BCUT2D eigenvalue weighted by Gasteiger charge is -2.01. The lowest BCUT2D eigenvalue weighted by molar-refractivity contribution is 0.318. The minimum Gasteiger partial charge on any atom is -0.409 e. The summed E-state index contributed by atoms with van der Waals surface area (Å²) in [6.45, 7) is 2.03. The van der Waals surface area contributed by atoms with E-state index >= 15 is 0 Å². The average Bonchev–Trinajstić information content (AvgIpc) is 3.04. The van der Waals surface area contributed by atoms with E-state index < -0.39 is 0 Å². The van der Waals surface area contributed by atoms with Crippen molar-refractivity contribution in [1.29, 1.82) is 0 Å². The quantitative estimate of drug-likeness (QED) is 0.322. The van der Waals surface area contributed by atoms with Crippen molar-refractivity contribution in [1.82, 2.24) is 24.7 Å². The predicted molar refractivity (Wildman–Crippen MR) is 83.4 cm³/mol. The smallest absolute Gasteiger partial charge is 0.190 e. The molecular weight excluding hydrogens is 294 g/mol. The van der Waals surface area contributed by atoms with E-state index in [-0.39, 0.29) is 5.84 Å². The molecular formula is C15H15N7O. The molecule has 3 aromatic rings. The Morgan fingerprint density at radius 1 is 1.17 bits per heavy atom. The highest BCUT2D eigenvalue weighted by atomic mass is 16.4. The van der Waals surface area contributed by atoms with E-state index in [2.05, 4.69) is 25.2 Å². The van der Waals surface area contributed by atoms with Gasteiger partial charge in [0.15, 0.2) is 11.7 Å². The third kappa shape index (κ3) is 3.31. The van der Waals surface area contributed by atoms with Crippen molar-refractivity contribution in [3.8, 4) is 5.69 Å². The molecule has 116 valence electrons. The van der Waals surface area contributed by atoms with Crippen molar-refractivity contribution in [3.63, 3.8) is 0 Å². The van der Waals surface area contributed by atoms with Gasteiger partial charge in [-0.25, -0.2) is 14.6 Å². The molecule has 0 spiro atoms. The van der Waals surface area contributed by atoms with Crippen LogP contribution in [-0.4, -0.2) is 35.8 Å². The summed E-state index contributed by atoms with van der Waals surface area (Å²) in [6.07, 6.45) is 5.11. The van der Waals surface area contributed by atoms with Gasteiger partial charge in [0, 0.05) is 6.20 Å². The second kappa shape index (κ2) is 6.22. The molecule has 2 aromatic heterocycles. The van der Waals surface area contributed by atoms with Crippen LogP contribution in [0.4, 0.5) is 0 Å². The van der Waals surface area contributed by atoms with Crippen molar-refractivity contribution in [2.45, 2.75) is 13.3 Å². The SMILES string of the molecule is Cc1ccc(-n2cnc(Cc3cnc(/C(N)=N/O)cn3)n2)cc1. The van der Waals surface area contributed by atoms with Gasteiger partial charge in [0.05, 0.1) is 24.0 Å². The Bertz CT molecular complexity index is 822. The summed E-state index contributed by atoms with van der Waals surface area (Å²) in [5.74, 6) is 0.558. The van der Waals surface area contributed by atoms with Gasteiger partial charge in [0.1, 0.15) is 12.0 Å². The van der Waals surface area contributed by atoms with Crippen LogP contribution < -0.4 is 5.73 Å². The molecule has 0 atom stereocenters. The van der Waals surface area contributed by atoms with Crippen LogP contribution in [0.25, 0.3) is 5.69 Å². The summed E-state index contributed by atoms with van der Waals surface area (Å²) in [7, 11) is 0. The van der Waals surface area contributed by atoms with Gasteiger partial charge >= 0.3 is 0 Å². The van der Waals surface area contributed by atoms with Gasteiger partial charge < -0.3 is 10.9 Å². The first kappa shape index (κ1) is 14.6. The van der Waals surface area contributed by atoms with Crippen LogP contribution in [0.15, 0.2) is 48.1 Å². The first-order valence-electron chi connectivity index (χ1n) is 6.92. The highest BCUT2D eigenvalue weighted by Gasteiger charge is 2.07. The zero-order valence-electron chi connectivity index (χ0n) is 12.5. The molecule has 8 nitrogen and oxygen atoms in total. The summed E-state index contributed by atoms with van der Waals surface area (Å²) >= 11 is 0. The maximum Gasteiger partial charge on any atom is 0.190 e. The molecule has 0 aliphatic rings. The molecule has 0 unspecified atom stereocenters. The molecule has 0 saturated heterocycles. The van der Waals surface area contributed by atoms with E-state index in [4.69, 9.17) is 10.9 Å². The third-order valence-electron chi connectivity index (χ3n) is 3.25. The molecule has 0 aliphatic carbocycles. The lowest BCUT2D eigenvalue weighted by atomic mass is 10.2. The van der Waals surface area contributed by atoms with E-state index in [1.54, 1.807) is 17.2 Å².